The quantitative estimate of drug-likeness (QED) is 0.807. The Labute approximate surface area is 93.9 Å². The number of carbonyl (C=O) groups excluding carboxylic acids is 1. The Hall–Kier alpha value is -1.44. The minimum atomic E-state index is -4.87. The number of nitrogens with zero attached hydrogens (tertiary/aromatic N) is 2. The Morgan fingerprint density at radius 3 is 2.82 bits per heavy atom. The number of halogens is 3. The molecule has 1 aromatic rings. The number of Topliss-reactive ketones (excluding diaryl/α,β-unsaturated/α-hetero) is 1. The molecule has 0 radical (unpaired) electrons. The van der Waals surface area contributed by atoms with E-state index in [2.05, 4.69) is 14.7 Å². The largest absolute Gasteiger partial charge is 0.450 e. The van der Waals surface area contributed by atoms with E-state index >= 15 is 0 Å². The van der Waals surface area contributed by atoms with Crippen LogP contribution in [0.3, 0.4) is 0 Å². The Kier molecular flexibility index (Phi) is 3.14. The summed E-state index contributed by atoms with van der Waals surface area (Å²) < 4.78 is 45.6. The fourth-order valence-corrected chi connectivity index (χ4v) is 1.48. The molecule has 0 spiro atoms. The second-order valence-corrected chi connectivity index (χ2v) is 3.70. The van der Waals surface area contributed by atoms with Gasteiger partial charge in [-0.3, -0.25) is 4.79 Å². The number of aromatic nitrogens is 2. The van der Waals surface area contributed by atoms with Crippen LogP contribution in [0.15, 0.2) is 4.52 Å². The number of rotatable bonds is 3. The van der Waals surface area contributed by atoms with Gasteiger partial charge >= 0.3 is 6.18 Å². The molecule has 1 unspecified atom stereocenters. The summed E-state index contributed by atoms with van der Waals surface area (Å²) in [5.74, 6) is -1.97. The van der Waals surface area contributed by atoms with Crippen molar-refractivity contribution >= 4 is 5.78 Å². The van der Waals surface area contributed by atoms with Gasteiger partial charge in [0.25, 0.3) is 0 Å². The van der Waals surface area contributed by atoms with Crippen LogP contribution in [0.25, 0.3) is 0 Å². The van der Waals surface area contributed by atoms with Crippen LogP contribution in [-0.4, -0.2) is 35.3 Å². The van der Waals surface area contributed by atoms with E-state index in [1.54, 1.807) is 0 Å². The third kappa shape index (κ3) is 2.82. The van der Waals surface area contributed by atoms with Gasteiger partial charge in [0.15, 0.2) is 5.82 Å². The van der Waals surface area contributed by atoms with E-state index in [-0.39, 0.29) is 11.8 Å². The Morgan fingerprint density at radius 1 is 1.47 bits per heavy atom. The van der Waals surface area contributed by atoms with E-state index in [9.17, 15) is 18.0 Å². The SMILES string of the molecule is O=C(Cc1nc(C2CCOC2)no1)C(F)(F)F. The highest BCUT2D eigenvalue weighted by molar-refractivity contribution is 5.85. The fourth-order valence-electron chi connectivity index (χ4n) is 1.48. The van der Waals surface area contributed by atoms with E-state index < -0.39 is 18.4 Å². The third-order valence-corrected chi connectivity index (χ3v) is 2.41. The molecule has 0 bridgehead atoms. The molecule has 2 heterocycles. The molecule has 1 saturated heterocycles. The number of alkyl halides is 3. The average molecular weight is 250 g/mol. The summed E-state index contributed by atoms with van der Waals surface area (Å²) in [7, 11) is 0. The van der Waals surface area contributed by atoms with Crippen LogP contribution in [0.2, 0.25) is 0 Å². The number of ketones is 1. The van der Waals surface area contributed by atoms with Crippen molar-refractivity contribution in [1.82, 2.24) is 10.1 Å². The first kappa shape index (κ1) is 12.0. The lowest BCUT2D eigenvalue weighted by molar-refractivity contribution is -0.170. The maximum Gasteiger partial charge on any atom is 0.450 e. The average Bonchev–Trinajstić information content (AvgIpc) is 2.83. The molecule has 1 aliphatic heterocycles. The van der Waals surface area contributed by atoms with Crippen molar-refractivity contribution in [2.75, 3.05) is 13.2 Å². The Balaban J connectivity index is 2.01. The number of hydrogen-bond acceptors (Lipinski definition) is 5. The van der Waals surface area contributed by atoms with Crippen molar-refractivity contribution in [2.24, 2.45) is 0 Å². The van der Waals surface area contributed by atoms with Crippen LogP contribution in [-0.2, 0) is 16.0 Å². The van der Waals surface area contributed by atoms with E-state index in [0.717, 1.165) is 0 Å². The van der Waals surface area contributed by atoms with Crippen LogP contribution in [0.4, 0.5) is 13.2 Å². The molecule has 1 aliphatic rings. The second kappa shape index (κ2) is 4.44. The van der Waals surface area contributed by atoms with Gasteiger partial charge in [0.05, 0.1) is 13.0 Å². The highest BCUT2D eigenvalue weighted by atomic mass is 19.4. The molecule has 0 aromatic carbocycles. The predicted molar refractivity (Wildman–Crippen MR) is 47.2 cm³/mol. The smallest absolute Gasteiger partial charge is 0.381 e. The normalized spacial score (nSPS) is 20.8. The highest BCUT2D eigenvalue weighted by Gasteiger charge is 2.39. The molecular formula is C9H9F3N2O3. The predicted octanol–water partition coefficient (Wildman–Crippen LogP) is 1.25. The maximum atomic E-state index is 12.0. The molecule has 5 nitrogen and oxygen atoms in total. The molecule has 2 rings (SSSR count). The van der Waals surface area contributed by atoms with Crippen molar-refractivity contribution in [1.29, 1.82) is 0 Å². The summed E-state index contributed by atoms with van der Waals surface area (Å²) in [6.07, 6.45) is -5.08. The minimum absolute atomic E-state index is 0.0616. The molecular weight excluding hydrogens is 241 g/mol. The standard InChI is InChI=1S/C9H9F3N2O3/c10-9(11,12)6(15)3-7-13-8(14-17-7)5-1-2-16-4-5/h5H,1-4H2. The third-order valence-electron chi connectivity index (χ3n) is 2.41. The van der Waals surface area contributed by atoms with Gasteiger partial charge in [0.1, 0.15) is 0 Å². The molecule has 17 heavy (non-hydrogen) atoms. The summed E-state index contributed by atoms with van der Waals surface area (Å²) in [6, 6.07) is 0. The van der Waals surface area contributed by atoms with Crippen LogP contribution in [0.5, 0.6) is 0 Å². The summed E-state index contributed by atoms with van der Waals surface area (Å²) >= 11 is 0. The summed E-state index contributed by atoms with van der Waals surface area (Å²) in [6.45, 7) is 0.988. The van der Waals surface area contributed by atoms with Gasteiger partial charge in [-0.15, -0.1) is 0 Å². The lowest BCUT2D eigenvalue weighted by Gasteiger charge is -2.01. The summed E-state index contributed by atoms with van der Waals surface area (Å²) in [4.78, 5) is 14.5. The number of carbonyl (C=O) groups is 1. The fraction of sp³-hybridized carbons (Fsp3) is 0.667. The van der Waals surface area contributed by atoms with Gasteiger partial charge in [-0.05, 0) is 6.42 Å². The van der Waals surface area contributed by atoms with E-state index in [1.165, 1.54) is 0 Å². The van der Waals surface area contributed by atoms with Gasteiger partial charge < -0.3 is 9.26 Å². The number of hydrogen-bond donors (Lipinski definition) is 0. The minimum Gasteiger partial charge on any atom is -0.381 e. The lowest BCUT2D eigenvalue weighted by atomic mass is 10.1. The van der Waals surface area contributed by atoms with Crippen LogP contribution < -0.4 is 0 Å². The second-order valence-electron chi connectivity index (χ2n) is 3.70. The summed E-state index contributed by atoms with van der Waals surface area (Å²) in [5, 5.41) is 3.55. The molecule has 0 aliphatic carbocycles. The van der Waals surface area contributed by atoms with E-state index in [4.69, 9.17) is 4.74 Å². The molecule has 0 saturated carbocycles. The Morgan fingerprint density at radius 2 is 2.24 bits per heavy atom. The van der Waals surface area contributed by atoms with Crippen LogP contribution in [0.1, 0.15) is 24.1 Å². The van der Waals surface area contributed by atoms with Crippen LogP contribution in [0, 0.1) is 0 Å². The monoisotopic (exact) mass is 250 g/mol. The number of ether oxygens (including phenoxy) is 1. The molecule has 0 amide bonds. The summed E-state index contributed by atoms with van der Waals surface area (Å²) in [5.41, 5.74) is 0. The van der Waals surface area contributed by atoms with Crippen molar-refractivity contribution in [3.05, 3.63) is 11.7 Å². The molecule has 94 valence electrons. The molecule has 1 fully saturated rings. The van der Waals surface area contributed by atoms with Gasteiger partial charge in [-0.1, -0.05) is 5.16 Å². The Bertz CT molecular complexity index is 410. The van der Waals surface area contributed by atoms with E-state index in [0.29, 0.717) is 25.5 Å². The van der Waals surface area contributed by atoms with Crippen molar-refractivity contribution in [3.63, 3.8) is 0 Å². The van der Waals surface area contributed by atoms with Gasteiger partial charge in [0, 0.05) is 12.5 Å². The first-order valence-corrected chi connectivity index (χ1v) is 4.97. The van der Waals surface area contributed by atoms with Gasteiger partial charge in [0.2, 0.25) is 11.7 Å². The first-order chi connectivity index (χ1) is 7.97. The van der Waals surface area contributed by atoms with Gasteiger partial charge in [-0.2, -0.15) is 18.2 Å². The van der Waals surface area contributed by atoms with Crippen molar-refractivity contribution in [2.45, 2.75) is 24.9 Å². The molecule has 8 heteroatoms. The maximum absolute atomic E-state index is 12.0. The van der Waals surface area contributed by atoms with Crippen LogP contribution >= 0.6 is 0 Å². The topological polar surface area (TPSA) is 65.2 Å². The van der Waals surface area contributed by atoms with Crippen molar-refractivity contribution < 1.29 is 27.2 Å². The lowest BCUT2D eigenvalue weighted by Crippen LogP contribution is -2.24. The van der Waals surface area contributed by atoms with Gasteiger partial charge in [-0.25, -0.2) is 0 Å². The zero-order chi connectivity index (χ0) is 12.5. The molecule has 0 N–H and O–H groups in total. The van der Waals surface area contributed by atoms with Crippen molar-refractivity contribution in [3.8, 4) is 0 Å². The molecule has 1 atom stereocenters. The highest BCUT2D eigenvalue weighted by Crippen LogP contribution is 2.23. The molecule has 1 aromatic heterocycles. The first-order valence-electron chi connectivity index (χ1n) is 4.97. The van der Waals surface area contributed by atoms with E-state index in [1.807, 2.05) is 0 Å². The zero-order valence-electron chi connectivity index (χ0n) is 8.66. The zero-order valence-corrected chi connectivity index (χ0v) is 8.66.